The second-order valence-electron chi connectivity index (χ2n) is 3.68. The first-order valence-electron chi connectivity index (χ1n) is 5.44. The zero-order valence-electron chi connectivity index (χ0n) is 9.41. The summed E-state index contributed by atoms with van der Waals surface area (Å²) in [5.74, 6) is 0.925. The van der Waals surface area contributed by atoms with Crippen LogP contribution in [0.5, 0.6) is 0 Å². The quantitative estimate of drug-likeness (QED) is 0.765. The number of benzene rings is 1. The Morgan fingerprint density at radius 1 is 1.41 bits per heavy atom. The van der Waals surface area contributed by atoms with Gasteiger partial charge in [-0.05, 0) is 68.8 Å². The maximum atomic E-state index is 5.56. The standard InChI is InChI=1S/C13H13BrINO/c1-2-16-12(13-11(14)6-7-17-13)9-4-3-5-10(15)8-9/h3-8,12,16H,2H2,1H3. The summed E-state index contributed by atoms with van der Waals surface area (Å²) < 4.78 is 7.79. The van der Waals surface area contributed by atoms with E-state index in [9.17, 15) is 0 Å². The minimum atomic E-state index is 0.0964. The fourth-order valence-electron chi connectivity index (χ4n) is 1.76. The molecule has 0 spiro atoms. The monoisotopic (exact) mass is 405 g/mol. The Bertz CT molecular complexity index is 498. The van der Waals surface area contributed by atoms with Gasteiger partial charge in [-0.15, -0.1) is 0 Å². The fraction of sp³-hybridized carbons (Fsp3) is 0.231. The van der Waals surface area contributed by atoms with Crippen LogP contribution in [0.3, 0.4) is 0 Å². The fourth-order valence-corrected chi connectivity index (χ4v) is 2.76. The van der Waals surface area contributed by atoms with E-state index >= 15 is 0 Å². The van der Waals surface area contributed by atoms with E-state index in [0.717, 1.165) is 16.8 Å². The summed E-state index contributed by atoms with van der Waals surface area (Å²) in [4.78, 5) is 0. The van der Waals surface area contributed by atoms with Gasteiger partial charge in [0.05, 0.1) is 16.8 Å². The molecule has 1 aromatic carbocycles. The Morgan fingerprint density at radius 2 is 2.24 bits per heavy atom. The van der Waals surface area contributed by atoms with Gasteiger partial charge in [-0.25, -0.2) is 0 Å². The van der Waals surface area contributed by atoms with E-state index in [0.29, 0.717) is 0 Å². The summed E-state index contributed by atoms with van der Waals surface area (Å²) in [5.41, 5.74) is 1.22. The first-order valence-corrected chi connectivity index (χ1v) is 7.31. The van der Waals surface area contributed by atoms with E-state index in [-0.39, 0.29) is 6.04 Å². The lowest BCUT2D eigenvalue weighted by Gasteiger charge is -2.17. The highest BCUT2D eigenvalue weighted by Gasteiger charge is 2.19. The summed E-state index contributed by atoms with van der Waals surface area (Å²) >= 11 is 5.84. The third-order valence-corrected chi connectivity index (χ3v) is 3.82. The van der Waals surface area contributed by atoms with Crippen LogP contribution >= 0.6 is 38.5 Å². The van der Waals surface area contributed by atoms with E-state index in [2.05, 4.69) is 75.0 Å². The maximum Gasteiger partial charge on any atom is 0.139 e. The molecule has 0 radical (unpaired) electrons. The number of furan rings is 1. The molecule has 1 N–H and O–H groups in total. The number of nitrogens with one attached hydrogen (secondary N) is 1. The Labute approximate surface area is 123 Å². The normalized spacial score (nSPS) is 12.6. The molecule has 0 fully saturated rings. The molecular weight excluding hydrogens is 393 g/mol. The van der Waals surface area contributed by atoms with Gasteiger partial charge in [0.2, 0.25) is 0 Å². The van der Waals surface area contributed by atoms with Crippen LogP contribution in [0, 0.1) is 3.57 Å². The van der Waals surface area contributed by atoms with Crippen LogP contribution in [0.15, 0.2) is 45.5 Å². The number of hydrogen-bond donors (Lipinski definition) is 1. The molecule has 0 saturated carbocycles. The van der Waals surface area contributed by atoms with Crippen LogP contribution in [0.4, 0.5) is 0 Å². The van der Waals surface area contributed by atoms with Crippen molar-refractivity contribution in [2.75, 3.05) is 6.54 Å². The van der Waals surface area contributed by atoms with Crippen molar-refractivity contribution in [2.45, 2.75) is 13.0 Å². The lowest BCUT2D eigenvalue weighted by Crippen LogP contribution is -2.21. The molecule has 0 bridgehead atoms. The molecule has 2 nitrogen and oxygen atoms in total. The zero-order valence-corrected chi connectivity index (χ0v) is 13.2. The first kappa shape index (κ1) is 13.1. The average molecular weight is 406 g/mol. The predicted octanol–water partition coefficient (Wildman–Crippen LogP) is 4.35. The number of halogens is 2. The molecule has 0 aliphatic heterocycles. The minimum Gasteiger partial charge on any atom is -0.466 e. The second kappa shape index (κ2) is 6.02. The van der Waals surface area contributed by atoms with Crippen molar-refractivity contribution in [1.29, 1.82) is 0 Å². The summed E-state index contributed by atoms with van der Waals surface area (Å²) in [6, 6.07) is 10.5. The van der Waals surface area contributed by atoms with Crippen LogP contribution in [-0.2, 0) is 0 Å². The highest BCUT2D eigenvalue weighted by atomic mass is 127. The molecule has 1 heterocycles. The van der Waals surface area contributed by atoms with E-state index in [1.54, 1.807) is 6.26 Å². The Balaban J connectivity index is 2.39. The molecule has 0 aliphatic carbocycles. The lowest BCUT2D eigenvalue weighted by molar-refractivity contribution is 0.450. The van der Waals surface area contributed by atoms with Gasteiger partial charge in [-0.3, -0.25) is 0 Å². The van der Waals surface area contributed by atoms with Crippen LogP contribution in [0.2, 0.25) is 0 Å². The van der Waals surface area contributed by atoms with Gasteiger partial charge in [-0.1, -0.05) is 19.1 Å². The average Bonchev–Trinajstić information content (AvgIpc) is 2.72. The molecule has 17 heavy (non-hydrogen) atoms. The highest BCUT2D eigenvalue weighted by Crippen LogP contribution is 2.30. The van der Waals surface area contributed by atoms with Crippen molar-refractivity contribution in [3.63, 3.8) is 0 Å². The Hall–Kier alpha value is -0.330. The van der Waals surface area contributed by atoms with Gasteiger partial charge >= 0.3 is 0 Å². The summed E-state index contributed by atoms with van der Waals surface area (Å²) in [6.07, 6.45) is 1.71. The van der Waals surface area contributed by atoms with Gasteiger partial charge < -0.3 is 9.73 Å². The van der Waals surface area contributed by atoms with E-state index < -0.39 is 0 Å². The van der Waals surface area contributed by atoms with Gasteiger partial charge in [0.15, 0.2) is 0 Å². The first-order chi connectivity index (χ1) is 8.22. The molecule has 1 aromatic heterocycles. The van der Waals surface area contributed by atoms with E-state index in [1.807, 2.05) is 6.07 Å². The molecule has 4 heteroatoms. The van der Waals surface area contributed by atoms with Gasteiger partial charge in [-0.2, -0.15) is 0 Å². The smallest absolute Gasteiger partial charge is 0.139 e. The zero-order chi connectivity index (χ0) is 12.3. The van der Waals surface area contributed by atoms with Crippen molar-refractivity contribution in [2.24, 2.45) is 0 Å². The van der Waals surface area contributed by atoms with Gasteiger partial charge in [0.25, 0.3) is 0 Å². The summed E-state index contributed by atoms with van der Waals surface area (Å²) in [5, 5.41) is 3.44. The SMILES string of the molecule is CCNC(c1cccc(I)c1)c1occc1Br. The third kappa shape index (κ3) is 3.11. The Kier molecular flexibility index (Phi) is 4.64. The molecular formula is C13H13BrINO. The minimum absolute atomic E-state index is 0.0964. The number of hydrogen-bond acceptors (Lipinski definition) is 2. The number of rotatable bonds is 4. The van der Waals surface area contributed by atoms with Crippen molar-refractivity contribution in [1.82, 2.24) is 5.32 Å². The summed E-state index contributed by atoms with van der Waals surface area (Å²) in [6.45, 7) is 2.99. The maximum absolute atomic E-state index is 5.56. The molecule has 90 valence electrons. The van der Waals surface area contributed by atoms with Crippen molar-refractivity contribution in [3.8, 4) is 0 Å². The molecule has 0 amide bonds. The Morgan fingerprint density at radius 3 is 2.82 bits per heavy atom. The van der Waals surface area contributed by atoms with Gasteiger partial charge in [0.1, 0.15) is 5.76 Å². The van der Waals surface area contributed by atoms with Crippen LogP contribution in [0.25, 0.3) is 0 Å². The summed E-state index contributed by atoms with van der Waals surface area (Å²) in [7, 11) is 0. The highest BCUT2D eigenvalue weighted by molar-refractivity contribution is 14.1. The third-order valence-electron chi connectivity index (χ3n) is 2.50. The lowest BCUT2D eigenvalue weighted by atomic mass is 10.0. The van der Waals surface area contributed by atoms with E-state index in [1.165, 1.54) is 9.13 Å². The van der Waals surface area contributed by atoms with Crippen LogP contribution in [0.1, 0.15) is 24.3 Å². The van der Waals surface area contributed by atoms with Crippen LogP contribution < -0.4 is 5.32 Å². The molecule has 1 unspecified atom stereocenters. The van der Waals surface area contributed by atoms with E-state index in [4.69, 9.17) is 4.42 Å². The van der Waals surface area contributed by atoms with Crippen molar-refractivity contribution >= 4 is 38.5 Å². The molecule has 2 aromatic rings. The topological polar surface area (TPSA) is 25.2 Å². The van der Waals surface area contributed by atoms with Crippen molar-refractivity contribution in [3.05, 3.63) is 56.0 Å². The molecule has 0 saturated heterocycles. The molecule has 1 atom stereocenters. The van der Waals surface area contributed by atoms with Gasteiger partial charge in [0, 0.05) is 3.57 Å². The predicted molar refractivity (Wildman–Crippen MR) is 81.1 cm³/mol. The largest absolute Gasteiger partial charge is 0.466 e. The molecule has 2 rings (SSSR count). The second-order valence-corrected chi connectivity index (χ2v) is 5.78. The van der Waals surface area contributed by atoms with Crippen molar-refractivity contribution < 1.29 is 4.42 Å². The van der Waals surface area contributed by atoms with Crippen LogP contribution in [-0.4, -0.2) is 6.54 Å². The molecule has 0 aliphatic rings.